The van der Waals surface area contributed by atoms with Crippen molar-refractivity contribution < 1.29 is 0 Å². The maximum absolute atomic E-state index is 5.99. The van der Waals surface area contributed by atoms with E-state index in [2.05, 4.69) is 25.0 Å². The maximum atomic E-state index is 5.99. The van der Waals surface area contributed by atoms with E-state index in [1.165, 1.54) is 12.1 Å². The van der Waals surface area contributed by atoms with E-state index in [4.69, 9.17) is 11.6 Å². The molecule has 3 heteroatoms. The van der Waals surface area contributed by atoms with Gasteiger partial charge < -0.3 is 0 Å². The highest BCUT2D eigenvalue weighted by atomic mass is 35.5. The van der Waals surface area contributed by atoms with Crippen molar-refractivity contribution >= 4 is 11.6 Å². The van der Waals surface area contributed by atoms with Gasteiger partial charge in [0, 0.05) is 18.6 Å². The normalized spacial score (nSPS) is 13.5. The molecule has 1 unspecified atom stereocenters. The molecule has 0 spiro atoms. The third-order valence-corrected chi connectivity index (χ3v) is 3.06. The second-order valence-electron chi connectivity index (χ2n) is 4.75. The molecule has 1 aromatic rings. The number of nitrogens with zero attached hydrogens (tertiary/aromatic N) is 2. The fraction of sp³-hybridized carbons (Fsp3) is 0.750. The quantitative estimate of drug-likeness (QED) is 0.708. The fourth-order valence-electron chi connectivity index (χ4n) is 2.02. The average Bonchev–Trinajstić information content (AvgIpc) is 2.43. The number of halogens is 1. The van der Waals surface area contributed by atoms with Crippen LogP contribution in [0, 0.1) is 18.8 Å². The molecule has 0 aliphatic carbocycles. The Hall–Kier alpha value is -0.500. The van der Waals surface area contributed by atoms with Crippen LogP contribution in [-0.2, 0) is 13.5 Å². The van der Waals surface area contributed by atoms with Crippen LogP contribution in [0.25, 0.3) is 0 Å². The van der Waals surface area contributed by atoms with Gasteiger partial charge in [0.15, 0.2) is 0 Å². The summed E-state index contributed by atoms with van der Waals surface area (Å²) in [4.78, 5) is 0. The molecule has 0 aliphatic rings. The summed E-state index contributed by atoms with van der Waals surface area (Å²) in [6.45, 7) is 6.52. The number of hydrogen-bond acceptors (Lipinski definition) is 1. The Morgan fingerprint density at radius 2 is 2.13 bits per heavy atom. The molecule has 0 N–H and O–H groups in total. The highest BCUT2D eigenvalue weighted by Crippen LogP contribution is 2.18. The van der Waals surface area contributed by atoms with E-state index >= 15 is 0 Å². The minimum absolute atomic E-state index is 0.571. The van der Waals surface area contributed by atoms with Crippen LogP contribution < -0.4 is 0 Å². The van der Waals surface area contributed by atoms with E-state index in [1.807, 2.05) is 18.7 Å². The van der Waals surface area contributed by atoms with Crippen LogP contribution in [0.3, 0.4) is 0 Å². The van der Waals surface area contributed by atoms with Gasteiger partial charge in [-0.2, -0.15) is 5.10 Å². The van der Waals surface area contributed by atoms with Crippen molar-refractivity contribution in [1.29, 1.82) is 0 Å². The van der Waals surface area contributed by atoms with Gasteiger partial charge in [0.05, 0.1) is 5.69 Å². The van der Waals surface area contributed by atoms with Gasteiger partial charge in [0.2, 0.25) is 0 Å². The van der Waals surface area contributed by atoms with Gasteiger partial charge in [-0.05, 0) is 37.7 Å². The van der Waals surface area contributed by atoms with E-state index in [0.717, 1.165) is 18.0 Å². The van der Waals surface area contributed by atoms with E-state index < -0.39 is 0 Å². The Labute approximate surface area is 97.6 Å². The number of hydrogen-bond donors (Lipinski definition) is 0. The van der Waals surface area contributed by atoms with Gasteiger partial charge in [-0.1, -0.05) is 13.8 Å². The summed E-state index contributed by atoms with van der Waals surface area (Å²) in [5.74, 6) is 2.02. The van der Waals surface area contributed by atoms with Gasteiger partial charge in [-0.15, -0.1) is 11.6 Å². The van der Waals surface area contributed by atoms with Gasteiger partial charge in [0.25, 0.3) is 0 Å². The molecule has 0 fully saturated rings. The predicted octanol–water partition coefficient (Wildman–Crippen LogP) is 3.17. The lowest BCUT2D eigenvalue weighted by molar-refractivity contribution is 0.432. The third-order valence-electron chi connectivity index (χ3n) is 2.62. The zero-order valence-electron chi connectivity index (χ0n) is 10.1. The first-order valence-electron chi connectivity index (χ1n) is 5.58. The highest BCUT2D eigenvalue weighted by Gasteiger charge is 2.13. The lowest BCUT2D eigenvalue weighted by atomic mass is 9.94. The molecule has 0 saturated heterocycles. The molecular formula is C12H21ClN2. The molecule has 1 heterocycles. The van der Waals surface area contributed by atoms with Gasteiger partial charge >= 0.3 is 0 Å². The van der Waals surface area contributed by atoms with E-state index in [9.17, 15) is 0 Å². The zero-order valence-corrected chi connectivity index (χ0v) is 10.9. The van der Waals surface area contributed by atoms with Crippen LogP contribution >= 0.6 is 11.6 Å². The predicted molar refractivity (Wildman–Crippen MR) is 65.3 cm³/mol. The number of aryl methyl sites for hydroxylation is 2. The van der Waals surface area contributed by atoms with E-state index in [1.54, 1.807) is 0 Å². The number of rotatable bonds is 5. The van der Waals surface area contributed by atoms with Crippen molar-refractivity contribution in [1.82, 2.24) is 9.78 Å². The number of alkyl halides is 1. The SMILES string of the molecule is Cc1cc(CC(CCl)CC(C)C)n(C)n1. The Morgan fingerprint density at radius 1 is 1.47 bits per heavy atom. The van der Waals surface area contributed by atoms with Crippen LogP contribution in [0.5, 0.6) is 0 Å². The first-order valence-corrected chi connectivity index (χ1v) is 6.11. The largest absolute Gasteiger partial charge is 0.272 e. The minimum atomic E-state index is 0.571. The highest BCUT2D eigenvalue weighted by molar-refractivity contribution is 6.18. The van der Waals surface area contributed by atoms with Crippen molar-refractivity contribution in [2.45, 2.75) is 33.6 Å². The van der Waals surface area contributed by atoms with Crippen molar-refractivity contribution in [3.05, 3.63) is 17.5 Å². The Kier molecular flexibility index (Phi) is 4.65. The fourth-order valence-corrected chi connectivity index (χ4v) is 2.25. The lowest BCUT2D eigenvalue weighted by Gasteiger charge is -2.15. The smallest absolute Gasteiger partial charge is 0.0596 e. The van der Waals surface area contributed by atoms with Crippen LogP contribution in [0.15, 0.2) is 6.07 Å². The topological polar surface area (TPSA) is 17.8 Å². The molecular weight excluding hydrogens is 208 g/mol. The molecule has 0 aromatic carbocycles. The molecule has 1 atom stereocenters. The van der Waals surface area contributed by atoms with Crippen LogP contribution in [-0.4, -0.2) is 15.7 Å². The van der Waals surface area contributed by atoms with E-state index in [0.29, 0.717) is 11.8 Å². The van der Waals surface area contributed by atoms with Crippen LogP contribution in [0.2, 0.25) is 0 Å². The molecule has 0 saturated carbocycles. The third kappa shape index (κ3) is 3.86. The van der Waals surface area contributed by atoms with Crippen molar-refractivity contribution in [2.24, 2.45) is 18.9 Å². The summed E-state index contributed by atoms with van der Waals surface area (Å²) in [5.41, 5.74) is 2.38. The first-order chi connectivity index (χ1) is 7.02. The first kappa shape index (κ1) is 12.6. The lowest BCUT2D eigenvalue weighted by Crippen LogP contribution is -2.12. The maximum Gasteiger partial charge on any atom is 0.0596 e. The van der Waals surface area contributed by atoms with Crippen LogP contribution in [0.4, 0.5) is 0 Å². The monoisotopic (exact) mass is 228 g/mol. The van der Waals surface area contributed by atoms with Gasteiger partial charge in [-0.25, -0.2) is 0 Å². The molecule has 0 bridgehead atoms. The van der Waals surface area contributed by atoms with Gasteiger partial charge in [0.1, 0.15) is 0 Å². The summed E-state index contributed by atoms with van der Waals surface area (Å²) in [7, 11) is 2.00. The Bertz CT molecular complexity index is 305. The molecule has 15 heavy (non-hydrogen) atoms. The van der Waals surface area contributed by atoms with Crippen molar-refractivity contribution in [2.75, 3.05) is 5.88 Å². The summed E-state index contributed by atoms with van der Waals surface area (Å²) in [6, 6.07) is 2.15. The summed E-state index contributed by atoms with van der Waals surface area (Å²) in [5, 5.41) is 4.35. The molecule has 1 rings (SSSR count). The molecule has 0 amide bonds. The molecule has 0 aliphatic heterocycles. The molecule has 0 radical (unpaired) electrons. The summed E-state index contributed by atoms with van der Waals surface area (Å²) >= 11 is 5.99. The van der Waals surface area contributed by atoms with Gasteiger partial charge in [-0.3, -0.25) is 4.68 Å². The summed E-state index contributed by atoms with van der Waals surface area (Å²) in [6.07, 6.45) is 2.23. The standard InChI is InChI=1S/C12H21ClN2/c1-9(2)5-11(8-13)7-12-6-10(3)14-15(12)4/h6,9,11H,5,7-8H2,1-4H3. The Balaban J connectivity index is 2.62. The van der Waals surface area contributed by atoms with Crippen molar-refractivity contribution in [3.63, 3.8) is 0 Å². The van der Waals surface area contributed by atoms with Crippen molar-refractivity contribution in [3.8, 4) is 0 Å². The summed E-state index contributed by atoms with van der Waals surface area (Å²) < 4.78 is 1.97. The Morgan fingerprint density at radius 3 is 2.53 bits per heavy atom. The molecule has 2 nitrogen and oxygen atoms in total. The second kappa shape index (κ2) is 5.55. The average molecular weight is 229 g/mol. The number of aromatic nitrogens is 2. The van der Waals surface area contributed by atoms with Crippen LogP contribution in [0.1, 0.15) is 31.7 Å². The van der Waals surface area contributed by atoms with E-state index in [-0.39, 0.29) is 0 Å². The molecule has 1 aromatic heterocycles. The zero-order chi connectivity index (χ0) is 11.4. The molecule has 86 valence electrons. The minimum Gasteiger partial charge on any atom is -0.272 e. The second-order valence-corrected chi connectivity index (χ2v) is 5.06.